The Balaban J connectivity index is 3.90. The van der Waals surface area contributed by atoms with E-state index in [1.165, 1.54) is 218 Å². The Bertz CT molecular complexity index is 1450. The number of rotatable bonds is 63. The number of ether oxygens (including phenoxy) is 3. The number of carbonyl (C=O) groups is 3. The van der Waals surface area contributed by atoms with Crippen molar-refractivity contribution in [3.63, 3.8) is 0 Å². The van der Waals surface area contributed by atoms with E-state index in [2.05, 4.69) is 93.7 Å². The summed E-state index contributed by atoms with van der Waals surface area (Å²) in [6, 6.07) is 0. The molecule has 0 saturated heterocycles. The Hall–Kier alpha value is -3.15. The highest BCUT2D eigenvalue weighted by molar-refractivity contribution is 5.71. The molecule has 0 aliphatic heterocycles. The lowest BCUT2D eigenvalue weighted by Crippen LogP contribution is -2.30. The van der Waals surface area contributed by atoms with Crippen molar-refractivity contribution in [1.82, 2.24) is 0 Å². The second-order valence-electron chi connectivity index (χ2n) is 23.1. The van der Waals surface area contributed by atoms with E-state index < -0.39 is 6.10 Å². The van der Waals surface area contributed by atoms with Crippen LogP contribution in [-0.2, 0) is 28.6 Å². The lowest BCUT2D eigenvalue weighted by molar-refractivity contribution is -0.167. The van der Waals surface area contributed by atoms with Crippen molar-refractivity contribution in [2.75, 3.05) is 13.2 Å². The highest BCUT2D eigenvalue weighted by Gasteiger charge is 2.19. The number of hydrogen-bond donors (Lipinski definition) is 0. The lowest BCUT2D eigenvalue weighted by Gasteiger charge is -2.18. The van der Waals surface area contributed by atoms with Crippen LogP contribution < -0.4 is 0 Å². The molecule has 0 aromatic heterocycles. The minimum Gasteiger partial charge on any atom is -0.462 e. The van der Waals surface area contributed by atoms with Gasteiger partial charge in [-0.05, 0) is 89.9 Å². The average molecular weight is 1100 g/mol. The third kappa shape index (κ3) is 65.5. The standard InChI is InChI=1S/C73H130O6/c1-4-7-10-13-15-17-19-21-23-25-27-29-30-31-32-33-34-35-36-37-38-39-40-41-42-44-45-47-49-51-53-55-57-60-63-66-72(75)78-69-70(68-77-71(74)65-62-59-12-9-6-3)79-73(76)67-64-61-58-56-54-52-50-48-46-43-28-26-24-22-20-18-16-14-11-8-5-2/h7,10,15,17,20-23,26-29,70H,4-6,8-9,11-14,16,18-19,24-25,30-69H2,1-3H3/b10-7-,17-15-,22-20-,23-21-,28-26-,29-27-. The third-order valence-electron chi connectivity index (χ3n) is 15.2. The summed E-state index contributed by atoms with van der Waals surface area (Å²) in [4.78, 5) is 38.0. The molecule has 0 aromatic carbocycles. The van der Waals surface area contributed by atoms with E-state index in [9.17, 15) is 14.4 Å². The van der Waals surface area contributed by atoms with Gasteiger partial charge in [-0.3, -0.25) is 14.4 Å². The molecule has 0 bridgehead atoms. The van der Waals surface area contributed by atoms with Crippen LogP contribution in [0.3, 0.4) is 0 Å². The smallest absolute Gasteiger partial charge is 0.306 e. The Morgan fingerprint density at radius 1 is 0.266 bits per heavy atom. The van der Waals surface area contributed by atoms with E-state index in [1.807, 2.05) is 0 Å². The van der Waals surface area contributed by atoms with Crippen molar-refractivity contribution in [2.45, 2.75) is 361 Å². The van der Waals surface area contributed by atoms with Gasteiger partial charge in [-0.25, -0.2) is 0 Å². The summed E-state index contributed by atoms with van der Waals surface area (Å²) in [5, 5.41) is 0. The van der Waals surface area contributed by atoms with Gasteiger partial charge >= 0.3 is 17.9 Å². The van der Waals surface area contributed by atoms with Crippen molar-refractivity contribution < 1.29 is 28.6 Å². The first-order chi connectivity index (χ1) is 39.0. The van der Waals surface area contributed by atoms with Gasteiger partial charge in [0.1, 0.15) is 13.2 Å². The van der Waals surface area contributed by atoms with Crippen molar-refractivity contribution in [3.05, 3.63) is 72.9 Å². The van der Waals surface area contributed by atoms with E-state index in [4.69, 9.17) is 14.2 Å². The highest BCUT2D eigenvalue weighted by Crippen LogP contribution is 2.18. The Labute approximate surface area is 491 Å². The van der Waals surface area contributed by atoms with Crippen LogP contribution in [-0.4, -0.2) is 37.2 Å². The fraction of sp³-hybridized carbons (Fsp3) is 0.795. The normalized spacial score (nSPS) is 12.5. The molecule has 6 heteroatoms. The van der Waals surface area contributed by atoms with Gasteiger partial charge in [0, 0.05) is 19.3 Å². The first kappa shape index (κ1) is 75.8. The Kier molecular flexibility index (Phi) is 64.7. The largest absolute Gasteiger partial charge is 0.462 e. The molecule has 0 amide bonds. The molecule has 1 unspecified atom stereocenters. The summed E-state index contributed by atoms with van der Waals surface area (Å²) in [7, 11) is 0. The zero-order chi connectivity index (χ0) is 57.1. The van der Waals surface area contributed by atoms with E-state index in [1.54, 1.807) is 0 Å². The van der Waals surface area contributed by atoms with Crippen LogP contribution in [0.1, 0.15) is 355 Å². The van der Waals surface area contributed by atoms with E-state index >= 15 is 0 Å². The van der Waals surface area contributed by atoms with Crippen LogP contribution >= 0.6 is 0 Å². The predicted octanol–water partition coefficient (Wildman–Crippen LogP) is 23.7. The molecule has 0 heterocycles. The zero-order valence-electron chi connectivity index (χ0n) is 52.6. The van der Waals surface area contributed by atoms with Gasteiger partial charge in [0.05, 0.1) is 0 Å². The second kappa shape index (κ2) is 67.4. The predicted molar refractivity (Wildman–Crippen MR) is 344 cm³/mol. The van der Waals surface area contributed by atoms with Crippen LogP contribution in [0.25, 0.3) is 0 Å². The number of allylic oxidation sites excluding steroid dienone is 12. The van der Waals surface area contributed by atoms with Crippen molar-refractivity contribution in [2.24, 2.45) is 0 Å². The highest BCUT2D eigenvalue weighted by atomic mass is 16.6. The lowest BCUT2D eigenvalue weighted by atomic mass is 10.0. The third-order valence-corrected chi connectivity index (χ3v) is 15.2. The molecule has 0 N–H and O–H groups in total. The molecule has 0 rings (SSSR count). The number of carbonyl (C=O) groups excluding carboxylic acids is 3. The second-order valence-corrected chi connectivity index (χ2v) is 23.1. The summed E-state index contributed by atoms with van der Waals surface area (Å²) >= 11 is 0. The fourth-order valence-corrected chi connectivity index (χ4v) is 10.1. The number of esters is 3. The number of hydrogen-bond acceptors (Lipinski definition) is 6. The molecule has 79 heavy (non-hydrogen) atoms. The minimum atomic E-state index is -0.771. The van der Waals surface area contributed by atoms with Gasteiger partial charge in [-0.1, -0.05) is 318 Å². The average Bonchev–Trinajstić information content (AvgIpc) is 3.45. The fourth-order valence-electron chi connectivity index (χ4n) is 10.1. The van der Waals surface area contributed by atoms with E-state index in [-0.39, 0.29) is 31.1 Å². The van der Waals surface area contributed by atoms with Crippen LogP contribution in [0.5, 0.6) is 0 Å². The van der Waals surface area contributed by atoms with Crippen molar-refractivity contribution in [3.8, 4) is 0 Å². The number of unbranched alkanes of at least 4 members (excludes halogenated alkanes) is 40. The molecule has 1 atom stereocenters. The molecule has 0 aliphatic rings. The molecular weight excluding hydrogens is 973 g/mol. The van der Waals surface area contributed by atoms with Gasteiger partial charge < -0.3 is 14.2 Å². The van der Waals surface area contributed by atoms with Gasteiger partial charge in [0.15, 0.2) is 6.10 Å². The van der Waals surface area contributed by atoms with Gasteiger partial charge in [-0.2, -0.15) is 0 Å². The zero-order valence-corrected chi connectivity index (χ0v) is 52.6. The maximum absolute atomic E-state index is 12.8. The Morgan fingerprint density at radius 3 is 0.772 bits per heavy atom. The summed E-state index contributed by atoms with van der Waals surface area (Å²) in [5.41, 5.74) is 0. The van der Waals surface area contributed by atoms with E-state index in [0.717, 1.165) is 96.3 Å². The molecule has 6 nitrogen and oxygen atoms in total. The molecule has 0 fully saturated rings. The molecule has 458 valence electrons. The molecule has 0 spiro atoms. The minimum absolute atomic E-state index is 0.0723. The Morgan fingerprint density at radius 2 is 0.494 bits per heavy atom. The van der Waals surface area contributed by atoms with Crippen molar-refractivity contribution in [1.29, 1.82) is 0 Å². The summed E-state index contributed by atoms with van der Waals surface area (Å²) in [6.45, 7) is 6.47. The molecule has 0 radical (unpaired) electrons. The maximum Gasteiger partial charge on any atom is 0.306 e. The van der Waals surface area contributed by atoms with Crippen LogP contribution in [0.2, 0.25) is 0 Å². The molecular formula is C73H130O6. The van der Waals surface area contributed by atoms with Crippen LogP contribution in [0.4, 0.5) is 0 Å². The monoisotopic (exact) mass is 1100 g/mol. The van der Waals surface area contributed by atoms with Crippen LogP contribution in [0.15, 0.2) is 72.9 Å². The molecule has 0 saturated carbocycles. The SMILES string of the molecule is CC/C=C\C/C=C\C/C=C\C/C=C\CCCCCCCCCCCCCCCCCCCCCCCCC(=O)OCC(COC(=O)CCCCCCC)OC(=O)CCCCCCCCCCC/C=C\C/C=C\CCCCCCC. The molecule has 0 aliphatic carbocycles. The maximum atomic E-state index is 12.8. The summed E-state index contributed by atoms with van der Waals surface area (Å²) in [6.07, 6.45) is 88.5. The van der Waals surface area contributed by atoms with Crippen LogP contribution in [0, 0.1) is 0 Å². The van der Waals surface area contributed by atoms with Gasteiger partial charge in [-0.15, -0.1) is 0 Å². The summed E-state index contributed by atoms with van der Waals surface area (Å²) in [5.74, 6) is -0.873. The first-order valence-electron chi connectivity index (χ1n) is 34.4. The first-order valence-corrected chi connectivity index (χ1v) is 34.4. The van der Waals surface area contributed by atoms with E-state index in [0.29, 0.717) is 19.3 Å². The van der Waals surface area contributed by atoms with Gasteiger partial charge in [0.2, 0.25) is 0 Å². The summed E-state index contributed by atoms with van der Waals surface area (Å²) < 4.78 is 16.8. The molecule has 0 aromatic rings. The van der Waals surface area contributed by atoms with Gasteiger partial charge in [0.25, 0.3) is 0 Å². The quantitative estimate of drug-likeness (QED) is 0.0261. The topological polar surface area (TPSA) is 78.9 Å². The van der Waals surface area contributed by atoms with Crippen molar-refractivity contribution >= 4 is 17.9 Å².